The maximum absolute atomic E-state index is 12.3. The van der Waals surface area contributed by atoms with Crippen LogP contribution in [0, 0.1) is 5.92 Å². The molecular formula is C16H20N2O. The number of carbonyl (C=O) groups is 1. The third-order valence-corrected chi connectivity index (χ3v) is 5.02. The summed E-state index contributed by atoms with van der Waals surface area (Å²) in [6, 6.07) is 4.53. The van der Waals surface area contributed by atoms with E-state index in [1.54, 1.807) is 0 Å². The van der Waals surface area contributed by atoms with E-state index >= 15 is 0 Å². The van der Waals surface area contributed by atoms with Gasteiger partial charge in [-0.25, -0.2) is 0 Å². The zero-order valence-corrected chi connectivity index (χ0v) is 11.2. The predicted octanol–water partition coefficient (Wildman–Crippen LogP) is 1.61. The standard InChI is InChI=1S/C16H20N2O/c19-16-14-6-11-4-2-1-3-10(11)5-13(14)15-9-17-7-12(15)8-18-16/h5-6,12,15,17H,1-4,7-9H2,(H,18,19)/t12-,15+/m0/s1. The van der Waals surface area contributed by atoms with Gasteiger partial charge in [-0.15, -0.1) is 0 Å². The lowest BCUT2D eigenvalue weighted by Gasteiger charge is -2.21. The molecule has 2 N–H and O–H groups in total. The number of hydrogen-bond donors (Lipinski definition) is 2. The number of amides is 1. The highest BCUT2D eigenvalue weighted by Crippen LogP contribution is 2.35. The monoisotopic (exact) mass is 256 g/mol. The molecule has 1 aliphatic carbocycles. The van der Waals surface area contributed by atoms with Crippen molar-refractivity contribution in [3.63, 3.8) is 0 Å². The van der Waals surface area contributed by atoms with Crippen molar-refractivity contribution in [2.24, 2.45) is 5.92 Å². The second kappa shape index (κ2) is 4.34. The Morgan fingerprint density at radius 2 is 1.79 bits per heavy atom. The van der Waals surface area contributed by atoms with Crippen molar-refractivity contribution in [1.29, 1.82) is 0 Å². The molecule has 100 valence electrons. The number of benzene rings is 1. The van der Waals surface area contributed by atoms with E-state index in [9.17, 15) is 4.79 Å². The van der Waals surface area contributed by atoms with Crippen LogP contribution in [0.3, 0.4) is 0 Å². The quantitative estimate of drug-likeness (QED) is 0.740. The Hall–Kier alpha value is -1.35. The summed E-state index contributed by atoms with van der Waals surface area (Å²) in [5.41, 5.74) is 5.14. The predicted molar refractivity (Wildman–Crippen MR) is 74.5 cm³/mol. The van der Waals surface area contributed by atoms with Crippen molar-refractivity contribution >= 4 is 5.91 Å². The Balaban J connectivity index is 1.86. The first-order valence-electron chi connectivity index (χ1n) is 7.47. The van der Waals surface area contributed by atoms with E-state index in [1.807, 2.05) is 0 Å². The Bertz CT molecular complexity index is 538. The van der Waals surface area contributed by atoms with Gasteiger partial charge >= 0.3 is 0 Å². The first-order valence-corrected chi connectivity index (χ1v) is 7.47. The van der Waals surface area contributed by atoms with Crippen LogP contribution in [-0.2, 0) is 12.8 Å². The molecule has 1 saturated heterocycles. The molecule has 3 heteroatoms. The smallest absolute Gasteiger partial charge is 0.251 e. The van der Waals surface area contributed by atoms with Gasteiger partial charge in [-0.3, -0.25) is 4.79 Å². The minimum atomic E-state index is 0.137. The van der Waals surface area contributed by atoms with Crippen molar-refractivity contribution in [1.82, 2.24) is 10.6 Å². The Morgan fingerprint density at radius 3 is 2.63 bits per heavy atom. The summed E-state index contributed by atoms with van der Waals surface area (Å²) in [6.45, 7) is 2.86. The summed E-state index contributed by atoms with van der Waals surface area (Å²) in [6.07, 6.45) is 4.89. The highest BCUT2D eigenvalue weighted by atomic mass is 16.1. The van der Waals surface area contributed by atoms with Crippen molar-refractivity contribution in [3.05, 3.63) is 34.4 Å². The zero-order valence-electron chi connectivity index (χ0n) is 11.2. The second-order valence-corrected chi connectivity index (χ2v) is 6.15. The van der Waals surface area contributed by atoms with Gasteiger partial charge in [0.25, 0.3) is 5.91 Å². The molecule has 0 aromatic heterocycles. The molecule has 0 unspecified atom stereocenters. The number of hydrogen-bond acceptors (Lipinski definition) is 2. The van der Waals surface area contributed by atoms with Crippen LogP contribution in [0.2, 0.25) is 0 Å². The molecular weight excluding hydrogens is 236 g/mol. The van der Waals surface area contributed by atoms with Crippen LogP contribution in [-0.4, -0.2) is 25.5 Å². The normalized spacial score (nSPS) is 28.9. The fraction of sp³-hybridized carbons (Fsp3) is 0.562. The summed E-state index contributed by atoms with van der Waals surface area (Å²) in [4.78, 5) is 12.3. The minimum Gasteiger partial charge on any atom is -0.352 e. The molecule has 3 nitrogen and oxygen atoms in total. The van der Waals surface area contributed by atoms with Gasteiger partial charge in [-0.2, -0.15) is 0 Å². The third-order valence-electron chi connectivity index (χ3n) is 5.02. The van der Waals surface area contributed by atoms with Crippen LogP contribution >= 0.6 is 0 Å². The highest BCUT2D eigenvalue weighted by Gasteiger charge is 2.34. The van der Waals surface area contributed by atoms with E-state index in [-0.39, 0.29) is 5.91 Å². The molecule has 1 aromatic rings. The molecule has 0 saturated carbocycles. The van der Waals surface area contributed by atoms with Gasteiger partial charge in [0.15, 0.2) is 0 Å². The molecule has 2 heterocycles. The Morgan fingerprint density at radius 1 is 1.00 bits per heavy atom. The van der Waals surface area contributed by atoms with Crippen LogP contribution in [0.25, 0.3) is 0 Å². The van der Waals surface area contributed by atoms with Gasteiger partial charge in [0, 0.05) is 31.1 Å². The molecule has 4 rings (SSSR count). The van der Waals surface area contributed by atoms with Crippen LogP contribution in [0.4, 0.5) is 0 Å². The molecule has 0 radical (unpaired) electrons. The van der Waals surface area contributed by atoms with E-state index in [1.165, 1.54) is 36.0 Å². The lowest BCUT2D eigenvalue weighted by Crippen LogP contribution is -2.28. The van der Waals surface area contributed by atoms with E-state index in [0.29, 0.717) is 11.8 Å². The van der Waals surface area contributed by atoms with Crippen molar-refractivity contribution in [2.75, 3.05) is 19.6 Å². The molecule has 1 fully saturated rings. The summed E-state index contributed by atoms with van der Waals surface area (Å²) in [7, 11) is 0. The lowest BCUT2D eigenvalue weighted by atomic mass is 9.82. The fourth-order valence-corrected chi connectivity index (χ4v) is 3.94. The minimum absolute atomic E-state index is 0.137. The number of rotatable bonds is 0. The first kappa shape index (κ1) is 11.5. The Kier molecular flexibility index (Phi) is 2.62. The van der Waals surface area contributed by atoms with Gasteiger partial charge < -0.3 is 10.6 Å². The molecule has 1 amide bonds. The van der Waals surface area contributed by atoms with Gasteiger partial charge in [0.2, 0.25) is 0 Å². The van der Waals surface area contributed by atoms with E-state index in [2.05, 4.69) is 22.8 Å². The fourth-order valence-electron chi connectivity index (χ4n) is 3.94. The molecule has 2 aliphatic heterocycles. The van der Waals surface area contributed by atoms with Crippen molar-refractivity contribution < 1.29 is 4.79 Å². The average Bonchev–Trinajstić information content (AvgIpc) is 2.87. The number of aryl methyl sites for hydroxylation is 2. The summed E-state index contributed by atoms with van der Waals surface area (Å²) in [5.74, 6) is 1.21. The number of nitrogens with one attached hydrogen (secondary N) is 2. The van der Waals surface area contributed by atoms with Crippen molar-refractivity contribution in [2.45, 2.75) is 31.6 Å². The maximum atomic E-state index is 12.3. The van der Waals surface area contributed by atoms with Gasteiger partial charge in [-0.05, 0) is 54.4 Å². The third kappa shape index (κ3) is 1.79. The molecule has 0 bridgehead atoms. The Labute approximate surface area is 113 Å². The molecule has 2 atom stereocenters. The summed E-state index contributed by atoms with van der Waals surface area (Å²) < 4.78 is 0. The number of fused-ring (bicyclic) bond motifs is 4. The number of carbonyl (C=O) groups excluding carboxylic acids is 1. The molecule has 1 aromatic carbocycles. The molecule has 3 aliphatic rings. The lowest BCUT2D eigenvalue weighted by molar-refractivity contribution is 0.0952. The largest absolute Gasteiger partial charge is 0.352 e. The maximum Gasteiger partial charge on any atom is 0.251 e. The second-order valence-electron chi connectivity index (χ2n) is 6.15. The van der Waals surface area contributed by atoms with E-state index in [0.717, 1.165) is 31.6 Å². The highest BCUT2D eigenvalue weighted by molar-refractivity contribution is 5.96. The topological polar surface area (TPSA) is 41.1 Å². The van der Waals surface area contributed by atoms with Gasteiger partial charge in [-0.1, -0.05) is 6.07 Å². The molecule has 19 heavy (non-hydrogen) atoms. The van der Waals surface area contributed by atoms with Crippen molar-refractivity contribution in [3.8, 4) is 0 Å². The molecule has 0 spiro atoms. The zero-order chi connectivity index (χ0) is 12.8. The van der Waals surface area contributed by atoms with Crippen LogP contribution in [0.15, 0.2) is 12.1 Å². The van der Waals surface area contributed by atoms with E-state index < -0.39 is 0 Å². The van der Waals surface area contributed by atoms with E-state index in [4.69, 9.17) is 0 Å². The van der Waals surface area contributed by atoms with Gasteiger partial charge in [0.05, 0.1) is 0 Å². The first-order chi connectivity index (χ1) is 9.33. The van der Waals surface area contributed by atoms with Crippen LogP contribution in [0.5, 0.6) is 0 Å². The average molecular weight is 256 g/mol. The van der Waals surface area contributed by atoms with Crippen LogP contribution < -0.4 is 10.6 Å². The summed E-state index contributed by atoms with van der Waals surface area (Å²) in [5, 5.41) is 6.58. The SMILES string of the molecule is O=C1NC[C@@H]2CNC[C@H]2c2cc3c(cc21)CCCC3. The van der Waals surface area contributed by atoms with Crippen LogP contribution in [0.1, 0.15) is 45.8 Å². The summed E-state index contributed by atoms with van der Waals surface area (Å²) >= 11 is 0. The van der Waals surface area contributed by atoms with Gasteiger partial charge in [0.1, 0.15) is 0 Å².